The molecule has 182 valence electrons. The highest BCUT2D eigenvalue weighted by molar-refractivity contribution is 5.81. The maximum Gasteiger partial charge on any atom is 0.336 e. The number of nitrogens with zero attached hydrogens (tertiary/aromatic N) is 4. The van der Waals surface area contributed by atoms with E-state index in [-0.39, 0.29) is 22.6 Å². The molecule has 8 nitrogen and oxygen atoms in total. The number of morpholine rings is 1. The average molecular weight is 523 g/mol. The first-order valence-electron chi connectivity index (χ1n) is 11.3. The van der Waals surface area contributed by atoms with Gasteiger partial charge < -0.3 is 35.4 Å². The molecule has 1 saturated heterocycles. The van der Waals surface area contributed by atoms with Crippen LogP contribution in [-0.4, -0.2) is 89.1 Å². The third-order valence-electron chi connectivity index (χ3n) is 5.66. The van der Waals surface area contributed by atoms with Crippen LogP contribution in [0.4, 0.5) is 0 Å². The summed E-state index contributed by atoms with van der Waals surface area (Å²) in [7, 11) is 5.92. The highest BCUT2D eigenvalue weighted by atomic mass is 79.9. The molecule has 0 amide bonds. The summed E-state index contributed by atoms with van der Waals surface area (Å²) >= 11 is 0. The molecule has 0 atom stereocenters. The number of hydrogen-bond acceptors (Lipinski definition) is 7. The van der Waals surface area contributed by atoms with Gasteiger partial charge in [-0.05, 0) is 18.6 Å². The third-order valence-corrected chi connectivity index (χ3v) is 5.66. The minimum atomic E-state index is -0.338. The van der Waals surface area contributed by atoms with Gasteiger partial charge in [-0.3, -0.25) is 4.90 Å². The highest BCUT2D eigenvalue weighted by Gasteiger charge is 2.18. The van der Waals surface area contributed by atoms with Crippen molar-refractivity contribution in [3.63, 3.8) is 0 Å². The number of rotatable bonds is 11. The van der Waals surface area contributed by atoms with Crippen LogP contribution in [0.2, 0.25) is 0 Å². The summed E-state index contributed by atoms with van der Waals surface area (Å²) in [6.45, 7) is 7.88. The van der Waals surface area contributed by atoms with E-state index in [0.717, 1.165) is 80.8 Å². The minimum absolute atomic E-state index is 0. The fourth-order valence-corrected chi connectivity index (χ4v) is 3.93. The normalized spacial score (nSPS) is 14.4. The van der Waals surface area contributed by atoms with E-state index in [0.29, 0.717) is 17.9 Å². The number of ether oxygens (including phenoxy) is 2. The van der Waals surface area contributed by atoms with Crippen molar-refractivity contribution in [2.75, 3.05) is 73.7 Å². The molecule has 0 radical (unpaired) electrons. The second kappa shape index (κ2) is 13.6. The Hall–Kier alpha value is -2.03. The number of quaternary nitrogens is 1. The lowest BCUT2D eigenvalue weighted by molar-refractivity contribution is -0.903. The van der Waals surface area contributed by atoms with Crippen molar-refractivity contribution >= 4 is 17.0 Å². The van der Waals surface area contributed by atoms with Gasteiger partial charge in [-0.15, -0.1) is 0 Å². The number of benzene rings is 1. The van der Waals surface area contributed by atoms with Crippen LogP contribution in [0, 0.1) is 0 Å². The van der Waals surface area contributed by atoms with E-state index in [1.165, 1.54) is 0 Å². The topological polar surface area (TPSA) is 76.6 Å². The van der Waals surface area contributed by atoms with Gasteiger partial charge in [-0.1, -0.05) is 0 Å². The van der Waals surface area contributed by atoms with Crippen LogP contribution in [0.3, 0.4) is 0 Å². The first-order chi connectivity index (χ1) is 15.5. The van der Waals surface area contributed by atoms with Crippen LogP contribution >= 0.6 is 0 Å². The Balaban J connectivity index is 0.00000385. The Labute approximate surface area is 206 Å². The van der Waals surface area contributed by atoms with Gasteiger partial charge >= 0.3 is 5.63 Å². The summed E-state index contributed by atoms with van der Waals surface area (Å²) in [5.41, 5.74) is 1.20. The minimum Gasteiger partial charge on any atom is -1.00 e. The van der Waals surface area contributed by atoms with E-state index in [1.54, 1.807) is 19.2 Å². The predicted octanol–water partition coefficient (Wildman–Crippen LogP) is -0.332. The zero-order chi connectivity index (χ0) is 22.8. The summed E-state index contributed by atoms with van der Waals surface area (Å²) in [4.78, 5) is 23.0. The Kier molecular flexibility index (Phi) is 11.2. The summed E-state index contributed by atoms with van der Waals surface area (Å²) in [5, 5.41) is 0.943. The van der Waals surface area contributed by atoms with Gasteiger partial charge in [-0.25, -0.2) is 14.8 Å². The molecule has 33 heavy (non-hydrogen) atoms. The van der Waals surface area contributed by atoms with Crippen LogP contribution < -0.4 is 27.3 Å². The van der Waals surface area contributed by atoms with E-state index in [4.69, 9.17) is 13.9 Å². The van der Waals surface area contributed by atoms with Crippen LogP contribution in [0.25, 0.3) is 11.0 Å². The fourth-order valence-electron chi connectivity index (χ4n) is 3.93. The Morgan fingerprint density at radius 1 is 1.12 bits per heavy atom. The number of methoxy groups -OCH3 is 1. The molecule has 1 aromatic heterocycles. The molecule has 3 rings (SSSR count). The zero-order valence-corrected chi connectivity index (χ0v) is 21.5. The van der Waals surface area contributed by atoms with E-state index in [2.05, 4.69) is 35.0 Å². The van der Waals surface area contributed by atoms with Crippen molar-refractivity contribution in [3.8, 4) is 5.75 Å². The molecule has 1 aliphatic heterocycles. The van der Waals surface area contributed by atoms with Gasteiger partial charge in [-0.2, -0.15) is 0 Å². The van der Waals surface area contributed by atoms with Crippen molar-refractivity contribution in [1.29, 1.82) is 0 Å². The van der Waals surface area contributed by atoms with Crippen molar-refractivity contribution in [1.82, 2.24) is 4.90 Å². The summed E-state index contributed by atoms with van der Waals surface area (Å²) in [6, 6.07) is 10.0. The maximum atomic E-state index is 12.0. The molecule has 2 heterocycles. The van der Waals surface area contributed by atoms with Gasteiger partial charge in [0.15, 0.2) is 0 Å². The Bertz CT molecular complexity index is 996. The number of halogens is 1. The van der Waals surface area contributed by atoms with E-state index in [9.17, 15) is 4.79 Å². The number of hydrogen-bond donors (Lipinski definition) is 0. The number of fused-ring (bicyclic) bond motifs is 1. The smallest absolute Gasteiger partial charge is 0.336 e. The monoisotopic (exact) mass is 522 g/mol. The zero-order valence-electron chi connectivity index (χ0n) is 19.9. The van der Waals surface area contributed by atoms with Gasteiger partial charge in [0, 0.05) is 49.1 Å². The summed E-state index contributed by atoms with van der Waals surface area (Å²) < 4.78 is 16.7. The molecule has 0 aliphatic carbocycles. The molecule has 1 aliphatic rings. The van der Waals surface area contributed by atoms with Gasteiger partial charge in [0.1, 0.15) is 17.9 Å². The standard InChI is InChI=1S/C24H35N4O4.BrH/c1-28(2,13-5-9-26-19-25-8-4-10-27-11-14-31-15-12-27)18-20-16-24(29)32-23-17-21(30-3)6-7-22(20)23;/h6-7,16-17H,4-5,8-15,18H2,1-3H3;1H/q+1;/p-1. The van der Waals surface area contributed by atoms with Crippen LogP contribution in [-0.2, 0) is 11.3 Å². The summed E-state index contributed by atoms with van der Waals surface area (Å²) in [5.74, 6) is 0.673. The average Bonchev–Trinajstić information content (AvgIpc) is 2.77. The molecule has 0 spiro atoms. The van der Waals surface area contributed by atoms with Crippen LogP contribution in [0.5, 0.6) is 5.75 Å². The van der Waals surface area contributed by atoms with Crippen molar-refractivity contribution in [2.45, 2.75) is 19.4 Å². The number of aliphatic imine (C=N–C) groups is 2. The first kappa shape index (κ1) is 27.2. The molecule has 0 bridgehead atoms. The SMILES string of the molecule is COc1ccc2c(C[N+](C)(C)CCCN=C=NCCCN3CCOCC3)cc(=O)oc2c1.[Br-]. The quantitative estimate of drug-likeness (QED) is 0.175. The van der Waals surface area contributed by atoms with Crippen molar-refractivity contribution in [3.05, 3.63) is 40.2 Å². The van der Waals surface area contributed by atoms with Gasteiger partial charge in [0.2, 0.25) is 0 Å². The van der Waals surface area contributed by atoms with Crippen LogP contribution in [0.15, 0.2) is 43.5 Å². The molecule has 0 saturated carbocycles. The molecule has 2 aromatic rings. The molecule has 1 aromatic carbocycles. The second-order valence-corrected chi connectivity index (χ2v) is 8.79. The van der Waals surface area contributed by atoms with Gasteiger partial charge in [0.05, 0.1) is 60.1 Å². The molecular weight excluding hydrogens is 488 g/mol. The lowest BCUT2D eigenvalue weighted by atomic mass is 10.1. The Morgan fingerprint density at radius 2 is 1.85 bits per heavy atom. The maximum absolute atomic E-state index is 12.0. The Morgan fingerprint density at radius 3 is 2.58 bits per heavy atom. The second-order valence-electron chi connectivity index (χ2n) is 8.79. The van der Waals surface area contributed by atoms with Crippen LogP contribution in [0.1, 0.15) is 18.4 Å². The van der Waals surface area contributed by atoms with Crippen molar-refractivity contribution < 1.29 is 35.4 Å². The predicted molar refractivity (Wildman–Crippen MR) is 126 cm³/mol. The molecule has 1 fully saturated rings. The molecule has 0 N–H and O–H groups in total. The molecule has 9 heteroatoms. The fraction of sp³-hybridized carbons (Fsp3) is 0.583. The lowest BCUT2D eigenvalue weighted by Gasteiger charge is -2.30. The third kappa shape index (κ3) is 9.02. The lowest BCUT2D eigenvalue weighted by Crippen LogP contribution is -3.00. The van der Waals surface area contributed by atoms with E-state index < -0.39 is 0 Å². The molecular formula is C24H35BrN4O4. The molecule has 0 unspecified atom stereocenters. The largest absolute Gasteiger partial charge is 1.00 e. The summed E-state index contributed by atoms with van der Waals surface area (Å²) in [6.07, 6.45) is 1.95. The highest BCUT2D eigenvalue weighted by Crippen LogP contribution is 2.24. The van der Waals surface area contributed by atoms with E-state index in [1.807, 2.05) is 12.1 Å². The first-order valence-corrected chi connectivity index (χ1v) is 11.3. The van der Waals surface area contributed by atoms with Crippen molar-refractivity contribution in [2.24, 2.45) is 9.98 Å². The van der Waals surface area contributed by atoms with Gasteiger partial charge in [0.25, 0.3) is 0 Å². The van der Waals surface area contributed by atoms with E-state index >= 15 is 0 Å².